The summed E-state index contributed by atoms with van der Waals surface area (Å²) in [6, 6.07) is 22.8. The number of amides is 1. The zero-order valence-corrected chi connectivity index (χ0v) is 14.5. The first-order valence-electron chi connectivity index (χ1n) is 8.45. The molecule has 0 radical (unpaired) electrons. The maximum absolute atomic E-state index is 13.1. The van der Waals surface area contributed by atoms with Gasteiger partial charge in [-0.25, -0.2) is 4.39 Å². The van der Waals surface area contributed by atoms with Crippen molar-refractivity contribution in [2.24, 2.45) is 0 Å². The van der Waals surface area contributed by atoms with Crippen LogP contribution in [0.15, 0.2) is 78.9 Å². The molecule has 0 aromatic heterocycles. The van der Waals surface area contributed by atoms with Gasteiger partial charge >= 0.3 is 0 Å². The maximum Gasteiger partial charge on any atom is 0.255 e. The Kier molecular flexibility index (Phi) is 5.64. The molecule has 0 fully saturated rings. The van der Waals surface area contributed by atoms with Gasteiger partial charge in [0.05, 0.1) is 11.6 Å². The molecule has 3 rings (SSSR count). The summed E-state index contributed by atoms with van der Waals surface area (Å²) in [5.41, 5.74) is 2.34. The molecule has 0 aliphatic heterocycles. The summed E-state index contributed by atoms with van der Waals surface area (Å²) in [7, 11) is 0. The van der Waals surface area contributed by atoms with E-state index in [2.05, 4.69) is 5.32 Å². The maximum atomic E-state index is 13.1. The van der Waals surface area contributed by atoms with Crippen LogP contribution < -0.4 is 10.1 Å². The summed E-state index contributed by atoms with van der Waals surface area (Å²) in [4.78, 5) is 12.7. The second kappa shape index (κ2) is 8.30. The van der Waals surface area contributed by atoms with Gasteiger partial charge in [0, 0.05) is 0 Å². The smallest absolute Gasteiger partial charge is 0.255 e. The standard InChI is InChI=1S/C22H20FNO2/c1-16(18-11-13-19(23)14-12-18)24-22(25)20-9-5-6-10-21(20)26-15-17-7-3-2-4-8-17/h2-14,16H,15H2,1H3,(H,24,25)/t16-/m1/s1. The van der Waals surface area contributed by atoms with Crippen LogP contribution in [0, 0.1) is 5.82 Å². The highest BCUT2D eigenvalue weighted by atomic mass is 19.1. The molecular formula is C22H20FNO2. The monoisotopic (exact) mass is 349 g/mol. The number of carbonyl (C=O) groups excluding carboxylic acids is 1. The molecular weight excluding hydrogens is 329 g/mol. The lowest BCUT2D eigenvalue weighted by Gasteiger charge is -2.16. The molecule has 1 amide bonds. The van der Waals surface area contributed by atoms with Crippen molar-refractivity contribution in [2.75, 3.05) is 0 Å². The number of hydrogen-bond donors (Lipinski definition) is 1. The highest BCUT2D eigenvalue weighted by Crippen LogP contribution is 2.21. The van der Waals surface area contributed by atoms with Crippen LogP contribution in [-0.4, -0.2) is 5.91 Å². The number of halogens is 1. The summed E-state index contributed by atoms with van der Waals surface area (Å²) < 4.78 is 18.9. The van der Waals surface area contributed by atoms with E-state index in [0.29, 0.717) is 17.9 Å². The lowest BCUT2D eigenvalue weighted by Crippen LogP contribution is -2.27. The zero-order valence-electron chi connectivity index (χ0n) is 14.5. The highest BCUT2D eigenvalue weighted by Gasteiger charge is 2.15. The fraction of sp³-hybridized carbons (Fsp3) is 0.136. The van der Waals surface area contributed by atoms with E-state index in [0.717, 1.165) is 11.1 Å². The van der Waals surface area contributed by atoms with Crippen LogP contribution in [0.5, 0.6) is 5.75 Å². The fourth-order valence-corrected chi connectivity index (χ4v) is 2.62. The minimum absolute atomic E-state index is 0.231. The summed E-state index contributed by atoms with van der Waals surface area (Å²) in [5.74, 6) is -0.00224. The van der Waals surface area contributed by atoms with E-state index < -0.39 is 0 Å². The van der Waals surface area contributed by atoms with Crippen molar-refractivity contribution >= 4 is 5.91 Å². The molecule has 0 unspecified atom stereocenters. The van der Waals surface area contributed by atoms with Gasteiger partial charge in [0.15, 0.2) is 0 Å². The Hall–Kier alpha value is -3.14. The molecule has 132 valence electrons. The molecule has 0 aliphatic carbocycles. The van der Waals surface area contributed by atoms with Gasteiger partial charge in [0.1, 0.15) is 18.2 Å². The van der Waals surface area contributed by atoms with E-state index in [1.54, 1.807) is 30.3 Å². The van der Waals surface area contributed by atoms with Crippen molar-refractivity contribution in [3.63, 3.8) is 0 Å². The average Bonchev–Trinajstić information content (AvgIpc) is 2.68. The number of ether oxygens (including phenoxy) is 1. The Bertz CT molecular complexity index is 863. The third-order valence-corrected chi connectivity index (χ3v) is 4.09. The normalized spacial score (nSPS) is 11.6. The second-order valence-electron chi connectivity index (χ2n) is 6.02. The van der Waals surface area contributed by atoms with Crippen LogP contribution in [0.2, 0.25) is 0 Å². The fourth-order valence-electron chi connectivity index (χ4n) is 2.62. The van der Waals surface area contributed by atoms with Crippen molar-refractivity contribution in [2.45, 2.75) is 19.6 Å². The largest absolute Gasteiger partial charge is 0.488 e. The SMILES string of the molecule is C[C@@H](NC(=O)c1ccccc1OCc1ccccc1)c1ccc(F)cc1. The molecule has 3 aromatic carbocycles. The Morgan fingerprint density at radius 1 is 0.962 bits per heavy atom. The minimum Gasteiger partial charge on any atom is -0.488 e. The molecule has 0 heterocycles. The minimum atomic E-state index is -0.299. The van der Waals surface area contributed by atoms with E-state index >= 15 is 0 Å². The molecule has 26 heavy (non-hydrogen) atoms. The van der Waals surface area contributed by atoms with E-state index in [1.807, 2.05) is 43.3 Å². The van der Waals surface area contributed by atoms with Crippen molar-refractivity contribution in [1.82, 2.24) is 5.32 Å². The molecule has 3 nitrogen and oxygen atoms in total. The molecule has 0 aliphatic rings. The molecule has 1 N–H and O–H groups in total. The van der Waals surface area contributed by atoms with Crippen molar-refractivity contribution in [3.8, 4) is 5.75 Å². The van der Waals surface area contributed by atoms with Crippen LogP contribution >= 0.6 is 0 Å². The van der Waals surface area contributed by atoms with E-state index in [4.69, 9.17) is 4.74 Å². The first-order valence-corrected chi connectivity index (χ1v) is 8.45. The van der Waals surface area contributed by atoms with E-state index in [9.17, 15) is 9.18 Å². The third kappa shape index (κ3) is 4.48. The molecule has 3 aromatic rings. The lowest BCUT2D eigenvalue weighted by atomic mass is 10.1. The van der Waals surface area contributed by atoms with Gasteiger partial charge in [-0.15, -0.1) is 0 Å². The van der Waals surface area contributed by atoms with Gasteiger partial charge in [-0.1, -0.05) is 54.6 Å². The Morgan fingerprint density at radius 3 is 2.35 bits per heavy atom. The van der Waals surface area contributed by atoms with Crippen molar-refractivity contribution in [1.29, 1.82) is 0 Å². The van der Waals surface area contributed by atoms with Gasteiger partial charge in [0.2, 0.25) is 0 Å². The molecule has 1 atom stereocenters. The van der Waals surface area contributed by atoms with Crippen LogP contribution in [0.1, 0.15) is 34.5 Å². The van der Waals surface area contributed by atoms with Crippen molar-refractivity contribution < 1.29 is 13.9 Å². The predicted octanol–water partition coefficient (Wildman–Crippen LogP) is 4.90. The molecule has 0 spiro atoms. The van der Waals surface area contributed by atoms with Crippen LogP contribution in [0.3, 0.4) is 0 Å². The average molecular weight is 349 g/mol. The summed E-state index contributed by atoms with van der Waals surface area (Å²) in [5, 5.41) is 2.93. The second-order valence-corrected chi connectivity index (χ2v) is 6.02. The number of rotatable bonds is 6. The first kappa shape index (κ1) is 17.7. The molecule has 0 saturated carbocycles. The Morgan fingerprint density at radius 2 is 1.62 bits per heavy atom. The number of benzene rings is 3. The van der Waals surface area contributed by atoms with Crippen LogP contribution in [0.25, 0.3) is 0 Å². The van der Waals surface area contributed by atoms with Crippen LogP contribution in [0.4, 0.5) is 4.39 Å². The van der Waals surface area contributed by atoms with E-state index in [1.165, 1.54) is 12.1 Å². The van der Waals surface area contributed by atoms with Gasteiger partial charge in [0.25, 0.3) is 5.91 Å². The quantitative estimate of drug-likeness (QED) is 0.688. The molecule has 0 bridgehead atoms. The zero-order chi connectivity index (χ0) is 18.4. The summed E-state index contributed by atoms with van der Waals surface area (Å²) in [6.07, 6.45) is 0. The van der Waals surface area contributed by atoms with Gasteiger partial charge < -0.3 is 10.1 Å². The number of para-hydroxylation sites is 1. The molecule has 4 heteroatoms. The van der Waals surface area contributed by atoms with Gasteiger partial charge in [-0.3, -0.25) is 4.79 Å². The highest BCUT2D eigenvalue weighted by molar-refractivity contribution is 5.97. The number of nitrogens with one attached hydrogen (secondary N) is 1. The van der Waals surface area contributed by atoms with E-state index in [-0.39, 0.29) is 17.8 Å². The molecule has 0 saturated heterocycles. The summed E-state index contributed by atoms with van der Waals surface area (Å²) >= 11 is 0. The number of hydrogen-bond acceptors (Lipinski definition) is 2. The topological polar surface area (TPSA) is 38.3 Å². The van der Waals surface area contributed by atoms with Crippen LogP contribution in [-0.2, 0) is 6.61 Å². The lowest BCUT2D eigenvalue weighted by molar-refractivity contribution is 0.0935. The van der Waals surface area contributed by atoms with Gasteiger partial charge in [-0.2, -0.15) is 0 Å². The first-order chi connectivity index (χ1) is 12.6. The Balaban J connectivity index is 1.70. The Labute approximate surface area is 152 Å². The third-order valence-electron chi connectivity index (χ3n) is 4.09. The van der Waals surface area contributed by atoms with Gasteiger partial charge in [-0.05, 0) is 42.3 Å². The van der Waals surface area contributed by atoms with Crippen molar-refractivity contribution in [3.05, 3.63) is 101 Å². The number of carbonyl (C=O) groups is 1. The summed E-state index contributed by atoms with van der Waals surface area (Å²) in [6.45, 7) is 2.25. The predicted molar refractivity (Wildman–Crippen MR) is 99.5 cm³/mol.